The average molecular weight is 248 g/mol. The second kappa shape index (κ2) is 4.90. The maximum Gasteiger partial charge on any atom is 0.123 e. The molecule has 4 heteroatoms. The van der Waals surface area contributed by atoms with Crippen LogP contribution in [0.3, 0.4) is 0 Å². The van der Waals surface area contributed by atoms with Crippen LogP contribution in [0.25, 0.3) is 0 Å². The highest BCUT2D eigenvalue weighted by Crippen LogP contribution is 2.25. The summed E-state index contributed by atoms with van der Waals surface area (Å²) >= 11 is 0. The zero-order valence-electron chi connectivity index (χ0n) is 10.6. The summed E-state index contributed by atoms with van der Waals surface area (Å²) < 4.78 is 14.9. The Morgan fingerprint density at radius 3 is 2.83 bits per heavy atom. The molecule has 0 amide bonds. The maximum absolute atomic E-state index is 13.1. The zero-order valence-corrected chi connectivity index (χ0v) is 10.6. The quantitative estimate of drug-likeness (QED) is 0.902. The van der Waals surface area contributed by atoms with Crippen molar-refractivity contribution >= 4 is 0 Å². The minimum atomic E-state index is -1.04. The van der Waals surface area contributed by atoms with Crippen LogP contribution in [0.1, 0.15) is 25.0 Å². The molecule has 0 aliphatic heterocycles. The lowest BCUT2D eigenvalue weighted by Crippen LogP contribution is -2.23. The zero-order chi connectivity index (χ0) is 13.2. The van der Waals surface area contributed by atoms with Crippen LogP contribution in [0.2, 0.25) is 0 Å². The summed E-state index contributed by atoms with van der Waals surface area (Å²) in [5.41, 5.74) is 0.471. The monoisotopic (exact) mass is 248 g/mol. The lowest BCUT2D eigenvalue weighted by molar-refractivity contribution is 0.0575. The third-order valence-corrected chi connectivity index (χ3v) is 3.02. The Hall–Kier alpha value is -1.68. The second-order valence-electron chi connectivity index (χ2n) is 4.67. The number of aryl methyl sites for hydroxylation is 1. The first kappa shape index (κ1) is 12.8. The Labute approximate surface area is 106 Å². The van der Waals surface area contributed by atoms with Gasteiger partial charge in [0.25, 0.3) is 0 Å². The smallest absolute Gasteiger partial charge is 0.123 e. The molecule has 0 saturated heterocycles. The van der Waals surface area contributed by atoms with Gasteiger partial charge in [0.2, 0.25) is 0 Å². The van der Waals surface area contributed by atoms with E-state index in [4.69, 9.17) is 0 Å². The first-order chi connectivity index (χ1) is 8.51. The summed E-state index contributed by atoms with van der Waals surface area (Å²) in [6, 6.07) is 6.30. The molecule has 0 fully saturated rings. The van der Waals surface area contributed by atoms with Crippen molar-refractivity contribution in [2.75, 3.05) is 0 Å². The van der Waals surface area contributed by atoms with E-state index in [1.54, 1.807) is 23.9 Å². The van der Waals surface area contributed by atoms with Gasteiger partial charge in [0.05, 0.1) is 11.8 Å². The largest absolute Gasteiger partial charge is 0.385 e. The Morgan fingerprint density at radius 2 is 2.22 bits per heavy atom. The lowest BCUT2D eigenvalue weighted by Gasteiger charge is -2.21. The molecule has 0 aliphatic rings. The van der Waals surface area contributed by atoms with Gasteiger partial charge in [-0.15, -0.1) is 0 Å². The molecular formula is C14H17FN2O. The van der Waals surface area contributed by atoms with E-state index in [9.17, 15) is 9.50 Å². The van der Waals surface area contributed by atoms with Crippen LogP contribution >= 0.6 is 0 Å². The summed E-state index contributed by atoms with van der Waals surface area (Å²) in [6.07, 6.45) is 3.84. The molecule has 0 saturated carbocycles. The highest BCUT2D eigenvalue weighted by molar-refractivity contribution is 5.23. The predicted molar refractivity (Wildman–Crippen MR) is 67.6 cm³/mol. The van der Waals surface area contributed by atoms with Crippen molar-refractivity contribution in [1.29, 1.82) is 0 Å². The molecule has 0 bridgehead atoms. The van der Waals surface area contributed by atoms with Gasteiger partial charge in [-0.05, 0) is 31.5 Å². The van der Waals surface area contributed by atoms with E-state index in [1.807, 2.05) is 19.2 Å². The molecule has 0 spiro atoms. The van der Waals surface area contributed by atoms with E-state index in [0.717, 1.165) is 17.7 Å². The highest BCUT2D eigenvalue weighted by Gasteiger charge is 2.25. The number of hydrogen-bond acceptors (Lipinski definition) is 2. The minimum absolute atomic E-state index is 0.285. The SMILES string of the molecule is CCn1cc(C(C)(O)Cc2cccc(F)c2)cn1. The number of nitrogens with zero attached hydrogens (tertiary/aromatic N) is 2. The molecular weight excluding hydrogens is 231 g/mol. The van der Waals surface area contributed by atoms with Crippen LogP contribution in [-0.2, 0) is 18.6 Å². The molecule has 1 aromatic carbocycles. The number of aromatic nitrogens is 2. The molecule has 3 nitrogen and oxygen atoms in total. The van der Waals surface area contributed by atoms with Gasteiger partial charge in [-0.25, -0.2) is 4.39 Å². The number of benzene rings is 1. The molecule has 1 unspecified atom stereocenters. The standard InChI is InChI=1S/C14H17FN2O/c1-3-17-10-12(9-16-17)14(2,18)8-11-5-4-6-13(15)7-11/h4-7,9-10,18H,3,8H2,1-2H3. The summed E-state index contributed by atoms with van der Waals surface area (Å²) in [5, 5.41) is 14.6. The Kier molecular flexibility index (Phi) is 3.48. The van der Waals surface area contributed by atoms with Crippen molar-refractivity contribution in [2.45, 2.75) is 32.4 Å². The van der Waals surface area contributed by atoms with E-state index in [0.29, 0.717) is 6.42 Å². The van der Waals surface area contributed by atoms with E-state index in [-0.39, 0.29) is 5.82 Å². The summed E-state index contributed by atoms with van der Waals surface area (Å²) in [5.74, 6) is -0.285. The van der Waals surface area contributed by atoms with Gasteiger partial charge >= 0.3 is 0 Å². The van der Waals surface area contributed by atoms with Crippen LogP contribution in [0.5, 0.6) is 0 Å². The molecule has 18 heavy (non-hydrogen) atoms. The van der Waals surface area contributed by atoms with E-state index < -0.39 is 5.60 Å². The van der Waals surface area contributed by atoms with Crippen LogP contribution in [0, 0.1) is 5.82 Å². The van der Waals surface area contributed by atoms with E-state index >= 15 is 0 Å². The summed E-state index contributed by atoms with van der Waals surface area (Å²) in [4.78, 5) is 0. The van der Waals surface area contributed by atoms with Gasteiger partial charge < -0.3 is 5.11 Å². The second-order valence-corrected chi connectivity index (χ2v) is 4.67. The first-order valence-corrected chi connectivity index (χ1v) is 6.01. The predicted octanol–water partition coefficient (Wildman–Crippen LogP) is 2.49. The van der Waals surface area contributed by atoms with Crippen molar-refractivity contribution < 1.29 is 9.50 Å². The molecule has 1 aromatic heterocycles. The fourth-order valence-corrected chi connectivity index (χ4v) is 1.96. The molecule has 2 rings (SSSR count). The van der Waals surface area contributed by atoms with Crippen molar-refractivity contribution in [3.63, 3.8) is 0 Å². The van der Waals surface area contributed by atoms with Gasteiger partial charge in [-0.1, -0.05) is 12.1 Å². The average Bonchev–Trinajstić information content (AvgIpc) is 2.77. The third kappa shape index (κ3) is 2.76. The molecule has 1 N–H and O–H groups in total. The van der Waals surface area contributed by atoms with Crippen molar-refractivity contribution in [2.24, 2.45) is 0 Å². The summed E-state index contributed by atoms with van der Waals surface area (Å²) in [6.45, 7) is 4.46. The molecule has 1 heterocycles. The van der Waals surface area contributed by atoms with Gasteiger partial charge in [0.15, 0.2) is 0 Å². The minimum Gasteiger partial charge on any atom is -0.385 e. The van der Waals surface area contributed by atoms with Crippen molar-refractivity contribution in [3.05, 3.63) is 53.6 Å². The van der Waals surface area contributed by atoms with Crippen LogP contribution in [0.4, 0.5) is 4.39 Å². The Morgan fingerprint density at radius 1 is 1.44 bits per heavy atom. The van der Waals surface area contributed by atoms with Gasteiger partial charge in [-0.3, -0.25) is 4.68 Å². The Bertz CT molecular complexity index is 534. The van der Waals surface area contributed by atoms with Crippen LogP contribution < -0.4 is 0 Å². The number of aliphatic hydroxyl groups is 1. The fourth-order valence-electron chi connectivity index (χ4n) is 1.96. The Balaban J connectivity index is 2.20. The topological polar surface area (TPSA) is 38.0 Å². The van der Waals surface area contributed by atoms with Gasteiger partial charge in [0, 0.05) is 24.7 Å². The van der Waals surface area contributed by atoms with Gasteiger partial charge in [-0.2, -0.15) is 5.10 Å². The molecule has 96 valence electrons. The number of rotatable bonds is 4. The maximum atomic E-state index is 13.1. The van der Waals surface area contributed by atoms with Crippen molar-refractivity contribution in [3.8, 4) is 0 Å². The highest BCUT2D eigenvalue weighted by atomic mass is 19.1. The number of halogens is 1. The van der Waals surface area contributed by atoms with Crippen LogP contribution in [-0.4, -0.2) is 14.9 Å². The van der Waals surface area contributed by atoms with Crippen LogP contribution in [0.15, 0.2) is 36.7 Å². The molecule has 0 aliphatic carbocycles. The lowest BCUT2D eigenvalue weighted by atomic mass is 9.91. The van der Waals surface area contributed by atoms with E-state index in [1.165, 1.54) is 12.1 Å². The number of hydrogen-bond donors (Lipinski definition) is 1. The first-order valence-electron chi connectivity index (χ1n) is 6.01. The fraction of sp³-hybridized carbons (Fsp3) is 0.357. The normalized spacial score (nSPS) is 14.4. The molecule has 2 aromatic rings. The third-order valence-electron chi connectivity index (χ3n) is 3.02. The van der Waals surface area contributed by atoms with Gasteiger partial charge in [0.1, 0.15) is 5.82 Å². The van der Waals surface area contributed by atoms with Crippen molar-refractivity contribution in [1.82, 2.24) is 9.78 Å². The summed E-state index contributed by atoms with van der Waals surface area (Å²) in [7, 11) is 0. The molecule has 1 atom stereocenters. The van der Waals surface area contributed by atoms with E-state index in [2.05, 4.69) is 5.10 Å². The molecule has 0 radical (unpaired) electrons.